The molecule has 18 heavy (non-hydrogen) atoms. The highest BCUT2D eigenvalue weighted by Gasteiger charge is 2.17. The molecule has 0 bridgehead atoms. The molecule has 0 aliphatic heterocycles. The number of hydrogen-bond donors (Lipinski definition) is 0. The van der Waals surface area contributed by atoms with E-state index < -0.39 is 0 Å². The van der Waals surface area contributed by atoms with Crippen molar-refractivity contribution >= 4 is 29.1 Å². The van der Waals surface area contributed by atoms with E-state index in [0.29, 0.717) is 21.6 Å². The van der Waals surface area contributed by atoms with Crippen LogP contribution in [0.2, 0.25) is 5.02 Å². The number of thioether (sulfide) groups is 1. The van der Waals surface area contributed by atoms with Crippen LogP contribution in [0.25, 0.3) is 0 Å². The minimum absolute atomic E-state index is 0.166. The Labute approximate surface area is 118 Å². The number of ketones is 1. The van der Waals surface area contributed by atoms with Crippen LogP contribution in [0.15, 0.2) is 18.2 Å². The number of benzene rings is 1. The summed E-state index contributed by atoms with van der Waals surface area (Å²) in [5.74, 6) is 0.729. The average molecular weight is 283 g/mol. The molecule has 0 spiro atoms. The monoisotopic (exact) mass is 282 g/mol. The maximum atomic E-state index is 12.2. The molecule has 1 saturated carbocycles. The highest BCUT2D eigenvalue weighted by molar-refractivity contribution is 8.00. The van der Waals surface area contributed by atoms with Crippen LogP contribution >= 0.6 is 23.4 Å². The largest absolute Gasteiger partial charge is 0.293 e. The zero-order chi connectivity index (χ0) is 13.0. The smallest absolute Gasteiger partial charge is 0.174 e. The molecule has 0 saturated heterocycles. The molecule has 1 aromatic rings. The first-order valence-electron chi connectivity index (χ1n) is 6.58. The molecule has 1 aromatic carbocycles. The molecule has 98 valence electrons. The van der Waals surface area contributed by atoms with E-state index in [4.69, 9.17) is 11.6 Å². The quantitative estimate of drug-likeness (QED) is 0.731. The van der Waals surface area contributed by atoms with Gasteiger partial charge in [0.1, 0.15) is 0 Å². The van der Waals surface area contributed by atoms with E-state index in [1.807, 2.05) is 25.1 Å². The van der Waals surface area contributed by atoms with Gasteiger partial charge in [-0.3, -0.25) is 4.79 Å². The second-order valence-electron chi connectivity index (χ2n) is 4.98. The Kier molecular flexibility index (Phi) is 5.13. The van der Waals surface area contributed by atoms with Gasteiger partial charge in [-0.1, -0.05) is 42.5 Å². The molecule has 0 N–H and O–H groups in total. The third-order valence-corrected chi connectivity index (χ3v) is 5.13. The SMILES string of the molecule is Cc1ccc(Cl)c(C(=O)CSC2CCCCC2)c1. The lowest BCUT2D eigenvalue weighted by Gasteiger charge is -2.20. The highest BCUT2D eigenvalue weighted by atomic mass is 35.5. The van der Waals surface area contributed by atoms with E-state index in [0.717, 1.165) is 5.56 Å². The fourth-order valence-electron chi connectivity index (χ4n) is 2.36. The normalized spacial score (nSPS) is 16.8. The lowest BCUT2D eigenvalue weighted by atomic mass is 10.0. The van der Waals surface area contributed by atoms with Crippen molar-refractivity contribution in [3.05, 3.63) is 34.3 Å². The molecular weight excluding hydrogens is 264 g/mol. The van der Waals surface area contributed by atoms with Crippen molar-refractivity contribution in [2.45, 2.75) is 44.3 Å². The van der Waals surface area contributed by atoms with E-state index in [1.165, 1.54) is 32.1 Å². The maximum absolute atomic E-state index is 12.2. The zero-order valence-corrected chi connectivity index (χ0v) is 12.3. The van der Waals surface area contributed by atoms with Crippen LogP contribution in [-0.2, 0) is 0 Å². The summed E-state index contributed by atoms with van der Waals surface area (Å²) in [6.07, 6.45) is 6.52. The number of halogens is 1. The molecule has 2 rings (SSSR count). The second-order valence-corrected chi connectivity index (χ2v) is 6.67. The van der Waals surface area contributed by atoms with E-state index in [9.17, 15) is 4.79 Å². The first-order chi connectivity index (χ1) is 8.66. The van der Waals surface area contributed by atoms with Crippen LogP contribution in [0.1, 0.15) is 48.0 Å². The summed E-state index contributed by atoms with van der Waals surface area (Å²) in [5, 5.41) is 1.25. The third kappa shape index (κ3) is 3.76. The number of hydrogen-bond acceptors (Lipinski definition) is 2. The summed E-state index contributed by atoms with van der Waals surface area (Å²) in [6, 6.07) is 5.65. The summed E-state index contributed by atoms with van der Waals surface area (Å²) >= 11 is 7.89. The van der Waals surface area contributed by atoms with Crippen molar-refractivity contribution in [1.82, 2.24) is 0 Å². The van der Waals surface area contributed by atoms with E-state index in [2.05, 4.69) is 0 Å². The van der Waals surface area contributed by atoms with Crippen molar-refractivity contribution < 1.29 is 4.79 Å². The second kappa shape index (κ2) is 6.63. The van der Waals surface area contributed by atoms with Crippen LogP contribution in [0.5, 0.6) is 0 Å². The molecule has 0 amide bonds. The lowest BCUT2D eigenvalue weighted by molar-refractivity contribution is 0.102. The van der Waals surface area contributed by atoms with E-state index in [-0.39, 0.29) is 5.78 Å². The van der Waals surface area contributed by atoms with Crippen molar-refractivity contribution in [3.63, 3.8) is 0 Å². The van der Waals surface area contributed by atoms with Gasteiger partial charge in [0.25, 0.3) is 0 Å². The van der Waals surface area contributed by atoms with Gasteiger partial charge in [-0.25, -0.2) is 0 Å². The molecule has 1 fully saturated rings. The number of aryl methyl sites for hydroxylation is 1. The Morgan fingerprint density at radius 3 is 2.78 bits per heavy atom. The van der Waals surface area contributed by atoms with Crippen LogP contribution in [0.4, 0.5) is 0 Å². The molecule has 1 nitrogen and oxygen atoms in total. The average Bonchev–Trinajstić information content (AvgIpc) is 2.40. The van der Waals surface area contributed by atoms with Gasteiger partial charge in [-0.05, 0) is 31.9 Å². The molecular formula is C15H19ClOS. The summed E-state index contributed by atoms with van der Waals surface area (Å²) in [5.41, 5.74) is 1.77. The van der Waals surface area contributed by atoms with Crippen molar-refractivity contribution in [1.29, 1.82) is 0 Å². The van der Waals surface area contributed by atoms with Gasteiger partial charge in [0, 0.05) is 10.8 Å². The summed E-state index contributed by atoms with van der Waals surface area (Å²) in [6.45, 7) is 1.99. The Morgan fingerprint density at radius 2 is 2.06 bits per heavy atom. The van der Waals surface area contributed by atoms with Gasteiger partial charge in [0.2, 0.25) is 0 Å². The zero-order valence-electron chi connectivity index (χ0n) is 10.7. The number of carbonyl (C=O) groups is 1. The van der Waals surface area contributed by atoms with Crippen molar-refractivity contribution in [2.75, 3.05) is 5.75 Å². The molecule has 0 aromatic heterocycles. The molecule has 0 atom stereocenters. The Morgan fingerprint density at radius 1 is 1.33 bits per heavy atom. The fourth-order valence-corrected chi connectivity index (χ4v) is 3.79. The minimum atomic E-state index is 0.166. The Bertz CT molecular complexity index is 425. The molecule has 0 unspecified atom stereocenters. The number of carbonyl (C=O) groups excluding carboxylic acids is 1. The van der Waals surface area contributed by atoms with E-state index in [1.54, 1.807) is 11.8 Å². The highest BCUT2D eigenvalue weighted by Crippen LogP contribution is 2.29. The molecule has 0 radical (unpaired) electrons. The van der Waals surface area contributed by atoms with Crippen molar-refractivity contribution in [2.24, 2.45) is 0 Å². The summed E-state index contributed by atoms with van der Waals surface area (Å²) < 4.78 is 0. The fraction of sp³-hybridized carbons (Fsp3) is 0.533. The summed E-state index contributed by atoms with van der Waals surface area (Å²) in [7, 11) is 0. The standard InChI is InChI=1S/C15H19ClOS/c1-11-7-8-14(16)13(9-11)15(17)10-18-12-5-3-2-4-6-12/h7-9,12H,2-6,10H2,1H3. The van der Waals surface area contributed by atoms with Gasteiger partial charge >= 0.3 is 0 Å². The van der Waals surface area contributed by atoms with Gasteiger partial charge in [-0.2, -0.15) is 11.8 Å². The molecule has 1 aliphatic carbocycles. The van der Waals surface area contributed by atoms with Crippen molar-refractivity contribution in [3.8, 4) is 0 Å². The minimum Gasteiger partial charge on any atom is -0.293 e. The van der Waals surface area contributed by atoms with Gasteiger partial charge < -0.3 is 0 Å². The van der Waals surface area contributed by atoms with Crippen LogP contribution < -0.4 is 0 Å². The maximum Gasteiger partial charge on any atom is 0.174 e. The van der Waals surface area contributed by atoms with Crippen LogP contribution in [-0.4, -0.2) is 16.8 Å². The molecule has 0 heterocycles. The molecule has 3 heteroatoms. The topological polar surface area (TPSA) is 17.1 Å². The van der Waals surface area contributed by atoms with Crippen LogP contribution in [0, 0.1) is 6.92 Å². The van der Waals surface area contributed by atoms with Gasteiger partial charge in [0.05, 0.1) is 10.8 Å². The predicted molar refractivity (Wildman–Crippen MR) is 79.9 cm³/mol. The molecule has 1 aliphatic rings. The third-order valence-electron chi connectivity index (χ3n) is 3.42. The van der Waals surface area contributed by atoms with Gasteiger partial charge in [-0.15, -0.1) is 0 Å². The van der Waals surface area contributed by atoms with E-state index >= 15 is 0 Å². The van der Waals surface area contributed by atoms with Crippen LogP contribution in [0.3, 0.4) is 0 Å². The lowest BCUT2D eigenvalue weighted by Crippen LogP contribution is -2.12. The first-order valence-corrected chi connectivity index (χ1v) is 8.00. The van der Waals surface area contributed by atoms with Gasteiger partial charge in [0.15, 0.2) is 5.78 Å². The Balaban J connectivity index is 1.92. The number of rotatable bonds is 4. The first kappa shape index (κ1) is 14.0. The number of Topliss-reactive ketones (excluding diaryl/α,β-unsaturated/α-hetero) is 1. The predicted octanol–water partition coefficient (Wildman–Crippen LogP) is 4.90. The summed E-state index contributed by atoms with van der Waals surface area (Å²) in [4.78, 5) is 12.2. The Hall–Kier alpha value is -0.470.